The Bertz CT molecular complexity index is 664. The van der Waals surface area contributed by atoms with E-state index < -0.39 is 5.54 Å². The molecule has 1 fully saturated rings. The first-order valence-corrected chi connectivity index (χ1v) is 7.88. The molecular weight excluding hydrogens is 294 g/mol. The molecule has 0 bridgehead atoms. The van der Waals surface area contributed by atoms with E-state index in [0.717, 1.165) is 30.8 Å². The van der Waals surface area contributed by atoms with Crippen LogP contribution in [0.4, 0.5) is 0 Å². The summed E-state index contributed by atoms with van der Waals surface area (Å²) in [5.74, 6) is 0.891. The standard InChI is InChI=1S/C16H23N5O2/c1-13-10-14(18-23-13)11-20-8-4-6-16(12-20,15(22)19(2)3)21-9-5-7-17-21/h5,7,9-10H,4,6,8,11-12H2,1-3H3. The second kappa shape index (κ2) is 6.16. The van der Waals surface area contributed by atoms with E-state index in [4.69, 9.17) is 4.52 Å². The summed E-state index contributed by atoms with van der Waals surface area (Å²) in [6.07, 6.45) is 5.34. The maximum atomic E-state index is 12.9. The molecule has 1 atom stereocenters. The molecule has 0 radical (unpaired) electrons. The molecule has 2 aromatic rings. The highest BCUT2D eigenvalue weighted by Gasteiger charge is 2.45. The molecule has 1 unspecified atom stereocenters. The Morgan fingerprint density at radius 1 is 1.48 bits per heavy atom. The number of nitrogens with zero attached hydrogens (tertiary/aromatic N) is 5. The number of aryl methyl sites for hydroxylation is 1. The fraction of sp³-hybridized carbons (Fsp3) is 0.562. The second-order valence-electron chi connectivity index (χ2n) is 6.42. The Kier molecular flexibility index (Phi) is 4.21. The second-order valence-corrected chi connectivity index (χ2v) is 6.42. The monoisotopic (exact) mass is 317 g/mol. The third-order valence-corrected chi connectivity index (χ3v) is 4.36. The van der Waals surface area contributed by atoms with Gasteiger partial charge in [-0.1, -0.05) is 5.16 Å². The first-order valence-electron chi connectivity index (χ1n) is 7.88. The van der Waals surface area contributed by atoms with Crippen molar-refractivity contribution >= 4 is 5.91 Å². The highest BCUT2D eigenvalue weighted by molar-refractivity contribution is 5.84. The molecule has 7 nitrogen and oxygen atoms in total. The Balaban J connectivity index is 1.86. The highest BCUT2D eigenvalue weighted by atomic mass is 16.5. The molecule has 0 spiro atoms. The van der Waals surface area contributed by atoms with Crippen LogP contribution in [0.5, 0.6) is 0 Å². The lowest BCUT2D eigenvalue weighted by Gasteiger charge is -2.42. The van der Waals surface area contributed by atoms with Gasteiger partial charge in [-0.3, -0.25) is 14.4 Å². The SMILES string of the molecule is Cc1cc(CN2CCCC(C(=O)N(C)C)(n3cccn3)C2)no1. The summed E-state index contributed by atoms with van der Waals surface area (Å²) in [5, 5.41) is 8.44. The van der Waals surface area contributed by atoms with E-state index in [0.29, 0.717) is 13.1 Å². The highest BCUT2D eigenvalue weighted by Crippen LogP contribution is 2.31. The molecule has 2 aromatic heterocycles. The maximum Gasteiger partial charge on any atom is 0.251 e. The predicted molar refractivity (Wildman–Crippen MR) is 84.6 cm³/mol. The van der Waals surface area contributed by atoms with E-state index in [1.807, 2.05) is 29.9 Å². The molecule has 0 N–H and O–H groups in total. The van der Waals surface area contributed by atoms with Gasteiger partial charge in [0, 0.05) is 45.6 Å². The van der Waals surface area contributed by atoms with Crippen LogP contribution >= 0.6 is 0 Å². The van der Waals surface area contributed by atoms with Gasteiger partial charge in [-0.25, -0.2) is 0 Å². The lowest BCUT2D eigenvalue weighted by atomic mass is 9.87. The molecule has 1 amide bonds. The van der Waals surface area contributed by atoms with Crippen LogP contribution in [-0.2, 0) is 16.9 Å². The van der Waals surface area contributed by atoms with Crippen molar-refractivity contribution in [1.29, 1.82) is 0 Å². The van der Waals surface area contributed by atoms with E-state index in [2.05, 4.69) is 15.2 Å². The van der Waals surface area contributed by atoms with E-state index >= 15 is 0 Å². The number of hydrogen-bond acceptors (Lipinski definition) is 5. The number of likely N-dealkylation sites (N-methyl/N-ethyl adjacent to an activating group) is 1. The van der Waals surface area contributed by atoms with Gasteiger partial charge in [0.2, 0.25) is 0 Å². The first-order chi connectivity index (χ1) is 11.0. The van der Waals surface area contributed by atoms with E-state index in [1.54, 1.807) is 25.2 Å². The third-order valence-electron chi connectivity index (χ3n) is 4.36. The topological polar surface area (TPSA) is 67.4 Å². The van der Waals surface area contributed by atoms with Gasteiger partial charge in [0.25, 0.3) is 5.91 Å². The van der Waals surface area contributed by atoms with Crippen LogP contribution in [0.25, 0.3) is 0 Å². The molecule has 3 rings (SSSR count). The van der Waals surface area contributed by atoms with Crippen molar-refractivity contribution in [1.82, 2.24) is 24.7 Å². The van der Waals surface area contributed by atoms with E-state index in [1.165, 1.54) is 0 Å². The smallest absolute Gasteiger partial charge is 0.251 e. The number of rotatable bonds is 4. The molecule has 0 aromatic carbocycles. The number of aromatic nitrogens is 3. The number of piperidine rings is 1. The minimum atomic E-state index is -0.649. The first kappa shape index (κ1) is 15.7. The Morgan fingerprint density at radius 3 is 2.91 bits per heavy atom. The zero-order valence-electron chi connectivity index (χ0n) is 13.9. The van der Waals surface area contributed by atoms with Crippen molar-refractivity contribution in [2.24, 2.45) is 0 Å². The number of amides is 1. The van der Waals surface area contributed by atoms with Crippen LogP contribution in [0.3, 0.4) is 0 Å². The third kappa shape index (κ3) is 3.01. The van der Waals surface area contributed by atoms with Gasteiger partial charge in [-0.15, -0.1) is 0 Å². The fourth-order valence-corrected chi connectivity index (χ4v) is 3.38. The minimum absolute atomic E-state index is 0.0854. The zero-order valence-corrected chi connectivity index (χ0v) is 13.9. The van der Waals surface area contributed by atoms with E-state index in [9.17, 15) is 4.79 Å². The fourth-order valence-electron chi connectivity index (χ4n) is 3.38. The van der Waals surface area contributed by atoms with Crippen LogP contribution in [0.1, 0.15) is 24.3 Å². The Hall–Kier alpha value is -2.15. The van der Waals surface area contributed by atoms with Gasteiger partial charge in [-0.2, -0.15) is 5.10 Å². The summed E-state index contributed by atoms with van der Waals surface area (Å²) in [5.41, 5.74) is 0.250. The summed E-state index contributed by atoms with van der Waals surface area (Å²) in [6, 6.07) is 3.81. The van der Waals surface area contributed by atoms with Crippen molar-refractivity contribution in [3.05, 3.63) is 36.0 Å². The average Bonchev–Trinajstić information content (AvgIpc) is 3.18. The summed E-state index contributed by atoms with van der Waals surface area (Å²) < 4.78 is 6.96. The van der Waals surface area contributed by atoms with Gasteiger partial charge >= 0.3 is 0 Å². The molecule has 1 aliphatic heterocycles. The molecule has 124 valence electrons. The van der Waals surface area contributed by atoms with Crippen molar-refractivity contribution in [3.63, 3.8) is 0 Å². The van der Waals surface area contributed by atoms with Crippen LogP contribution in [0, 0.1) is 6.92 Å². The Labute approximate surface area is 135 Å². The number of likely N-dealkylation sites (tertiary alicyclic amines) is 1. The van der Waals surface area contributed by atoms with Gasteiger partial charge < -0.3 is 9.42 Å². The number of carbonyl (C=O) groups is 1. The molecule has 1 aliphatic rings. The van der Waals surface area contributed by atoms with Crippen LogP contribution in [0.15, 0.2) is 29.0 Å². The van der Waals surface area contributed by atoms with Crippen LogP contribution in [0.2, 0.25) is 0 Å². The van der Waals surface area contributed by atoms with E-state index in [-0.39, 0.29) is 5.91 Å². The lowest BCUT2D eigenvalue weighted by molar-refractivity contribution is -0.142. The molecule has 1 saturated heterocycles. The molecule has 7 heteroatoms. The zero-order chi connectivity index (χ0) is 16.4. The molecular formula is C16H23N5O2. The number of hydrogen-bond donors (Lipinski definition) is 0. The largest absolute Gasteiger partial charge is 0.361 e. The predicted octanol–water partition coefficient (Wildman–Crippen LogP) is 1.26. The van der Waals surface area contributed by atoms with Gasteiger partial charge in [0.15, 0.2) is 5.54 Å². The van der Waals surface area contributed by atoms with Crippen LogP contribution in [-0.4, -0.2) is 57.8 Å². The average molecular weight is 317 g/mol. The van der Waals surface area contributed by atoms with Crippen molar-refractivity contribution in [3.8, 4) is 0 Å². The Morgan fingerprint density at radius 2 is 2.30 bits per heavy atom. The lowest BCUT2D eigenvalue weighted by Crippen LogP contribution is -2.58. The van der Waals surface area contributed by atoms with Crippen molar-refractivity contribution in [2.75, 3.05) is 27.2 Å². The quantitative estimate of drug-likeness (QED) is 0.849. The summed E-state index contributed by atoms with van der Waals surface area (Å²) in [7, 11) is 3.60. The van der Waals surface area contributed by atoms with Gasteiger partial charge in [0.1, 0.15) is 5.76 Å². The summed E-state index contributed by atoms with van der Waals surface area (Å²) in [6.45, 7) is 4.13. The van der Waals surface area contributed by atoms with Gasteiger partial charge in [0.05, 0.1) is 5.69 Å². The normalized spacial score (nSPS) is 22.2. The molecule has 0 aliphatic carbocycles. The van der Waals surface area contributed by atoms with Gasteiger partial charge in [-0.05, 0) is 32.4 Å². The number of carbonyl (C=O) groups excluding carboxylic acids is 1. The van der Waals surface area contributed by atoms with Crippen molar-refractivity contribution < 1.29 is 9.32 Å². The minimum Gasteiger partial charge on any atom is -0.361 e. The summed E-state index contributed by atoms with van der Waals surface area (Å²) in [4.78, 5) is 16.8. The summed E-state index contributed by atoms with van der Waals surface area (Å²) >= 11 is 0. The van der Waals surface area contributed by atoms with Crippen molar-refractivity contribution in [2.45, 2.75) is 31.8 Å². The maximum absolute atomic E-state index is 12.9. The molecule has 23 heavy (non-hydrogen) atoms. The van der Waals surface area contributed by atoms with Crippen LogP contribution < -0.4 is 0 Å². The molecule has 0 saturated carbocycles. The molecule has 3 heterocycles.